The number of carbonyl (C=O) groups excluding carboxylic acids is 1. The van der Waals surface area contributed by atoms with Crippen LogP contribution in [0.1, 0.15) is 30.4 Å². The molecule has 1 aliphatic rings. The van der Waals surface area contributed by atoms with Crippen LogP contribution in [0.5, 0.6) is 0 Å². The summed E-state index contributed by atoms with van der Waals surface area (Å²) >= 11 is 0. The summed E-state index contributed by atoms with van der Waals surface area (Å²) < 4.78 is 0. The van der Waals surface area contributed by atoms with E-state index in [0.717, 1.165) is 42.7 Å². The van der Waals surface area contributed by atoms with E-state index >= 15 is 0 Å². The van der Waals surface area contributed by atoms with Crippen LogP contribution in [0.2, 0.25) is 0 Å². The summed E-state index contributed by atoms with van der Waals surface area (Å²) in [7, 11) is 0. The van der Waals surface area contributed by atoms with Crippen molar-refractivity contribution < 1.29 is 4.79 Å². The Balaban J connectivity index is 1.94. The fourth-order valence-electron chi connectivity index (χ4n) is 2.30. The van der Waals surface area contributed by atoms with E-state index in [1.54, 1.807) is 0 Å². The first-order valence-electron chi connectivity index (χ1n) is 6.55. The summed E-state index contributed by atoms with van der Waals surface area (Å²) in [5, 5.41) is 4.93. The number of amides is 2. The lowest BCUT2D eigenvalue weighted by Gasteiger charge is -2.27. The molecule has 1 heterocycles. The van der Waals surface area contributed by atoms with E-state index in [-0.39, 0.29) is 6.03 Å². The molecule has 0 radical (unpaired) electrons. The summed E-state index contributed by atoms with van der Waals surface area (Å²) in [6, 6.07) is 5.86. The van der Waals surface area contributed by atoms with Crippen LogP contribution in [0.25, 0.3) is 0 Å². The molecule has 1 saturated heterocycles. The summed E-state index contributed by atoms with van der Waals surface area (Å²) in [6.07, 6.45) is 3.57. The molecule has 1 aromatic carbocycles. The van der Waals surface area contributed by atoms with Crippen molar-refractivity contribution in [3.8, 4) is 0 Å². The van der Waals surface area contributed by atoms with E-state index in [4.69, 9.17) is 0 Å². The van der Waals surface area contributed by atoms with Crippen molar-refractivity contribution in [3.63, 3.8) is 0 Å². The van der Waals surface area contributed by atoms with Gasteiger partial charge in [0, 0.05) is 18.8 Å². The van der Waals surface area contributed by atoms with E-state index < -0.39 is 0 Å². The van der Waals surface area contributed by atoms with Gasteiger partial charge in [-0.25, -0.2) is 9.80 Å². The van der Waals surface area contributed by atoms with E-state index in [0.29, 0.717) is 0 Å². The zero-order chi connectivity index (χ0) is 13.0. The van der Waals surface area contributed by atoms with Crippen molar-refractivity contribution in [2.75, 3.05) is 18.4 Å². The molecule has 0 saturated carbocycles. The molecule has 4 nitrogen and oxygen atoms in total. The van der Waals surface area contributed by atoms with Gasteiger partial charge in [0.25, 0.3) is 0 Å². The first-order valence-corrected chi connectivity index (χ1v) is 6.55. The molecule has 0 bridgehead atoms. The van der Waals surface area contributed by atoms with E-state index in [1.807, 2.05) is 37.1 Å². The minimum Gasteiger partial charge on any atom is -0.306 e. The van der Waals surface area contributed by atoms with Gasteiger partial charge in [0.2, 0.25) is 0 Å². The Kier molecular flexibility index (Phi) is 4.20. The van der Waals surface area contributed by atoms with Crippen molar-refractivity contribution >= 4 is 11.7 Å². The Morgan fingerprint density at radius 1 is 1.11 bits per heavy atom. The highest BCUT2D eigenvalue weighted by Gasteiger charge is 2.13. The Morgan fingerprint density at radius 3 is 2.33 bits per heavy atom. The third kappa shape index (κ3) is 3.23. The minimum absolute atomic E-state index is 0.144. The second-order valence-electron chi connectivity index (χ2n) is 4.88. The number of nitrogens with one attached hydrogen (secondary N) is 2. The van der Waals surface area contributed by atoms with Crippen LogP contribution in [0, 0.1) is 13.8 Å². The van der Waals surface area contributed by atoms with Crippen molar-refractivity contribution in [3.05, 3.63) is 29.3 Å². The summed E-state index contributed by atoms with van der Waals surface area (Å²) in [5.74, 6) is 0. The highest BCUT2D eigenvalue weighted by Crippen LogP contribution is 2.19. The highest BCUT2D eigenvalue weighted by atomic mass is 16.2. The summed E-state index contributed by atoms with van der Waals surface area (Å²) in [4.78, 5) is 11.9. The van der Waals surface area contributed by atoms with Gasteiger partial charge in [-0.1, -0.05) is 24.6 Å². The van der Waals surface area contributed by atoms with Crippen molar-refractivity contribution in [2.45, 2.75) is 33.1 Å². The molecule has 1 fully saturated rings. The lowest BCUT2D eigenvalue weighted by atomic mass is 10.1. The lowest BCUT2D eigenvalue weighted by Crippen LogP contribution is -2.46. The predicted molar refractivity (Wildman–Crippen MR) is 73.5 cm³/mol. The number of hydrogen-bond donors (Lipinski definition) is 2. The minimum atomic E-state index is -0.144. The third-order valence-corrected chi connectivity index (χ3v) is 3.34. The SMILES string of the molecule is Cc1cccc(C)c1NC(=O)NN1CCCCC1. The molecule has 0 unspecified atom stereocenters. The number of piperidine rings is 1. The van der Waals surface area contributed by atoms with Crippen LogP contribution in [0.15, 0.2) is 18.2 Å². The second-order valence-corrected chi connectivity index (χ2v) is 4.88. The molecule has 18 heavy (non-hydrogen) atoms. The van der Waals surface area contributed by atoms with Crippen LogP contribution in [-0.2, 0) is 0 Å². The molecular weight excluding hydrogens is 226 g/mol. The number of hydrazine groups is 1. The van der Waals surface area contributed by atoms with Gasteiger partial charge in [0.05, 0.1) is 0 Å². The van der Waals surface area contributed by atoms with Crippen molar-refractivity contribution in [1.82, 2.24) is 10.4 Å². The van der Waals surface area contributed by atoms with Crippen LogP contribution >= 0.6 is 0 Å². The predicted octanol–water partition coefficient (Wildman–Crippen LogP) is 2.83. The Hall–Kier alpha value is -1.55. The number of hydrogen-bond acceptors (Lipinski definition) is 2. The van der Waals surface area contributed by atoms with Gasteiger partial charge in [0.15, 0.2) is 0 Å². The number of benzene rings is 1. The third-order valence-electron chi connectivity index (χ3n) is 3.34. The normalized spacial score (nSPS) is 16.3. The lowest BCUT2D eigenvalue weighted by molar-refractivity contribution is 0.162. The number of rotatable bonds is 2. The summed E-state index contributed by atoms with van der Waals surface area (Å²) in [5.41, 5.74) is 5.99. The van der Waals surface area contributed by atoms with Crippen LogP contribution < -0.4 is 10.7 Å². The highest BCUT2D eigenvalue weighted by molar-refractivity contribution is 5.90. The first-order chi connectivity index (χ1) is 8.66. The Bertz CT molecular complexity index is 405. The molecule has 2 N–H and O–H groups in total. The number of aryl methyl sites for hydroxylation is 2. The molecule has 98 valence electrons. The molecule has 2 amide bonds. The number of nitrogens with zero attached hydrogens (tertiary/aromatic N) is 1. The zero-order valence-electron chi connectivity index (χ0n) is 11.1. The van der Waals surface area contributed by atoms with Gasteiger partial charge in [-0.2, -0.15) is 0 Å². The fraction of sp³-hybridized carbons (Fsp3) is 0.500. The van der Waals surface area contributed by atoms with E-state index in [9.17, 15) is 4.79 Å². The van der Waals surface area contributed by atoms with Gasteiger partial charge in [-0.05, 0) is 37.8 Å². The Morgan fingerprint density at radius 2 is 1.72 bits per heavy atom. The number of para-hydroxylation sites is 1. The topological polar surface area (TPSA) is 44.4 Å². The maximum absolute atomic E-state index is 11.9. The van der Waals surface area contributed by atoms with Crippen LogP contribution in [0.4, 0.5) is 10.5 Å². The maximum Gasteiger partial charge on any atom is 0.333 e. The molecule has 2 rings (SSSR count). The fourth-order valence-corrected chi connectivity index (χ4v) is 2.30. The van der Waals surface area contributed by atoms with Gasteiger partial charge in [-0.3, -0.25) is 5.43 Å². The molecule has 1 aliphatic heterocycles. The molecule has 0 atom stereocenters. The molecular formula is C14H21N3O. The largest absolute Gasteiger partial charge is 0.333 e. The van der Waals surface area contributed by atoms with Gasteiger partial charge in [0.1, 0.15) is 0 Å². The van der Waals surface area contributed by atoms with Crippen molar-refractivity contribution in [1.29, 1.82) is 0 Å². The van der Waals surface area contributed by atoms with E-state index in [2.05, 4.69) is 10.7 Å². The number of carbonyl (C=O) groups is 1. The van der Waals surface area contributed by atoms with Crippen LogP contribution in [0.3, 0.4) is 0 Å². The van der Waals surface area contributed by atoms with Gasteiger partial charge in [-0.15, -0.1) is 0 Å². The van der Waals surface area contributed by atoms with Crippen molar-refractivity contribution in [2.24, 2.45) is 0 Å². The molecule has 4 heteroatoms. The monoisotopic (exact) mass is 247 g/mol. The van der Waals surface area contributed by atoms with E-state index in [1.165, 1.54) is 6.42 Å². The number of anilines is 1. The number of urea groups is 1. The zero-order valence-corrected chi connectivity index (χ0v) is 11.1. The average molecular weight is 247 g/mol. The smallest absolute Gasteiger partial charge is 0.306 e. The Labute approximate surface area is 108 Å². The second kappa shape index (κ2) is 5.87. The van der Waals surface area contributed by atoms with Gasteiger partial charge < -0.3 is 5.32 Å². The maximum atomic E-state index is 11.9. The average Bonchev–Trinajstić information content (AvgIpc) is 2.35. The van der Waals surface area contributed by atoms with Crippen LogP contribution in [-0.4, -0.2) is 24.1 Å². The molecule has 0 aromatic heterocycles. The summed E-state index contributed by atoms with van der Waals surface area (Å²) in [6.45, 7) is 5.90. The molecule has 0 aliphatic carbocycles. The van der Waals surface area contributed by atoms with Gasteiger partial charge >= 0.3 is 6.03 Å². The molecule has 0 spiro atoms. The molecule has 1 aromatic rings. The first kappa shape index (κ1) is 12.9. The standard InChI is InChI=1S/C14H21N3O/c1-11-7-6-8-12(2)13(11)15-14(18)16-17-9-4-3-5-10-17/h6-8H,3-5,9-10H2,1-2H3,(H2,15,16,18). The quantitative estimate of drug-likeness (QED) is 0.844.